The summed E-state index contributed by atoms with van der Waals surface area (Å²) in [7, 11) is 0. The molecule has 0 heterocycles. The van der Waals surface area contributed by atoms with Crippen molar-refractivity contribution in [1.82, 2.24) is 0 Å². The van der Waals surface area contributed by atoms with Gasteiger partial charge in [-0.05, 0) is 0 Å². The predicted molar refractivity (Wildman–Crippen MR) is 75.1 cm³/mol. The van der Waals surface area contributed by atoms with Crippen LogP contribution in [0.5, 0.6) is 0 Å². The van der Waals surface area contributed by atoms with Crippen LogP contribution >= 0.6 is 0 Å². The van der Waals surface area contributed by atoms with Gasteiger partial charge in [0.15, 0.2) is 0 Å². The van der Waals surface area contributed by atoms with Crippen LogP contribution in [0.1, 0.15) is 96.8 Å². The third-order valence-corrected chi connectivity index (χ3v) is 4.32. The molecule has 0 unspecified atom stereocenters. The van der Waals surface area contributed by atoms with Gasteiger partial charge < -0.3 is 0 Å². The first kappa shape index (κ1) is 17.6. The Kier molecular flexibility index (Phi) is 17.3. The molecule has 17 heavy (non-hydrogen) atoms. The van der Waals surface area contributed by atoms with Crippen LogP contribution in [0.3, 0.4) is 0 Å². The van der Waals surface area contributed by atoms with Gasteiger partial charge in [-0.25, -0.2) is 0 Å². The molecule has 0 fully saturated rings. The van der Waals surface area contributed by atoms with Gasteiger partial charge in [0.25, 0.3) is 0 Å². The number of unbranched alkanes of at least 4 members (excludes halogenated alkanes) is 13. The molecule has 0 aromatic carbocycles. The van der Waals surface area contributed by atoms with E-state index in [0.29, 0.717) is 0 Å². The second-order valence-corrected chi connectivity index (χ2v) is 6.46. The summed E-state index contributed by atoms with van der Waals surface area (Å²) < 4.78 is 0. The summed E-state index contributed by atoms with van der Waals surface area (Å²) >= 11 is 2.29. The van der Waals surface area contributed by atoms with E-state index in [1.165, 1.54) is 94.8 Å². The van der Waals surface area contributed by atoms with Gasteiger partial charge in [-0.2, -0.15) is 0 Å². The third-order valence-electron chi connectivity index (χ3n) is 3.47. The fourth-order valence-electron chi connectivity index (χ4n) is 2.28. The fourth-order valence-corrected chi connectivity index (χ4v) is 2.88. The SMILES string of the molecule is CCCCCCCCCCCCCCC[CH2][Ir]. The summed E-state index contributed by atoms with van der Waals surface area (Å²) in [6, 6.07) is 0. The molecule has 0 amide bonds. The monoisotopic (exact) mass is 418 g/mol. The van der Waals surface area contributed by atoms with Gasteiger partial charge in [-0.3, -0.25) is 0 Å². The van der Waals surface area contributed by atoms with E-state index in [2.05, 4.69) is 25.8 Å². The Labute approximate surface area is 120 Å². The molecule has 0 aliphatic rings. The molecule has 1 heteroatoms. The van der Waals surface area contributed by atoms with Gasteiger partial charge in [-0.1, -0.05) is 26.2 Å². The minimum atomic E-state index is 1.37. The van der Waals surface area contributed by atoms with Crippen LogP contribution in [0.2, 0.25) is 4.93 Å². The van der Waals surface area contributed by atoms with Crippen molar-refractivity contribution in [2.24, 2.45) is 0 Å². The molecular weight excluding hydrogens is 384 g/mol. The van der Waals surface area contributed by atoms with Gasteiger partial charge in [0.2, 0.25) is 0 Å². The van der Waals surface area contributed by atoms with Crippen molar-refractivity contribution in [2.45, 2.75) is 102 Å². The molecule has 0 spiro atoms. The number of rotatable bonds is 14. The Hall–Kier alpha value is 0.649. The van der Waals surface area contributed by atoms with E-state index < -0.39 is 0 Å². The summed E-state index contributed by atoms with van der Waals surface area (Å²) in [5.74, 6) is 0. The van der Waals surface area contributed by atoms with E-state index in [1.807, 2.05) is 0 Å². The second-order valence-electron chi connectivity index (χ2n) is 5.26. The quantitative estimate of drug-likeness (QED) is 0.286. The van der Waals surface area contributed by atoms with Gasteiger partial charge in [0.1, 0.15) is 0 Å². The first-order chi connectivity index (χ1) is 8.41. The molecule has 0 atom stereocenters. The first-order valence-corrected chi connectivity index (χ1v) is 9.64. The zero-order chi connectivity index (χ0) is 12.6. The summed E-state index contributed by atoms with van der Waals surface area (Å²) in [4.78, 5) is 1.37. The maximum atomic E-state index is 2.29. The second kappa shape index (κ2) is 16.6. The van der Waals surface area contributed by atoms with Crippen LogP contribution in [0.15, 0.2) is 0 Å². The van der Waals surface area contributed by atoms with Crippen LogP contribution in [-0.4, -0.2) is 0 Å². The zero-order valence-corrected chi connectivity index (χ0v) is 14.3. The Morgan fingerprint density at radius 3 is 1.06 bits per heavy atom. The molecule has 0 aliphatic carbocycles. The molecule has 0 N–H and O–H groups in total. The van der Waals surface area contributed by atoms with Crippen LogP contribution in [0, 0.1) is 0 Å². The Morgan fingerprint density at radius 1 is 0.471 bits per heavy atom. The Balaban J connectivity index is 2.85. The first-order valence-electron chi connectivity index (χ1n) is 7.94. The third kappa shape index (κ3) is 16.6. The van der Waals surface area contributed by atoms with Crippen molar-refractivity contribution >= 4 is 0 Å². The van der Waals surface area contributed by atoms with Crippen molar-refractivity contribution in [2.75, 3.05) is 0 Å². The number of hydrogen-bond donors (Lipinski definition) is 0. The molecule has 0 aromatic heterocycles. The molecule has 0 radical (unpaired) electrons. The van der Waals surface area contributed by atoms with Gasteiger partial charge >= 0.3 is 94.5 Å². The van der Waals surface area contributed by atoms with E-state index in [4.69, 9.17) is 0 Å². The maximum absolute atomic E-state index is 2.29. The van der Waals surface area contributed by atoms with E-state index in [0.717, 1.165) is 0 Å². The Bertz CT molecular complexity index is 109. The number of hydrogen-bond acceptors (Lipinski definition) is 0. The van der Waals surface area contributed by atoms with E-state index in [1.54, 1.807) is 0 Å². The average molecular weight is 418 g/mol. The fraction of sp³-hybridized carbons (Fsp3) is 1.00. The van der Waals surface area contributed by atoms with E-state index >= 15 is 0 Å². The topological polar surface area (TPSA) is 0 Å². The van der Waals surface area contributed by atoms with Crippen molar-refractivity contribution < 1.29 is 18.9 Å². The molecule has 0 aliphatic heterocycles. The van der Waals surface area contributed by atoms with Gasteiger partial charge in [-0.15, -0.1) is 0 Å². The standard InChI is InChI=1S/C16H33.Ir/c1-3-5-7-9-11-13-15-16-14-12-10-8-6-4-2;/h1,3-16H2,2H3;. The molecule has 106 valence electrons. The van der Waals surface area contributed by atoms with Crippen molar-refractivity contribution in [1.29, 1.82) is 0 Å². The summed E-state index contributed by atoms with van der Waals surface area (Å²) in [5, 5.41) is 0. The molecular formula is C16H33Ir. The summed E-state index contributed by atoms with van der Waals surface area (Å²) in [6.45, 7) is 2.29. The molecule has 0 saturated heterocycles. The van der Waals surface area contributed by atoms with Crippen molar-refractivity contribution in [3.05, 3.63) is 0 Å². The van der Waals surface area contributed by atoms with Crippen LogP contribution in [0.4, 0.5) is 0 Å². The van der Waals surface area contributed by atoms with Crippen LogP contribution in [0.25, 0.3) is 0 Å². The summed E-state index contributed by atoms with van der Waals surface area (Å²) in [5.41, 5.74) is 0. The van der Waals surface area contributed by atoms with Crippen molar-refractivity contribution in [3.63, 3.8) is 0 Å². The normalized spacial score (nSPS) is 11.0. The average Bonchev–Trinajstić information content (AvgIpc) is 2.35. The predicted octanol–water partition coefficient (Wildman–Crippen LogP) is 6.43. The molecule has 0 aromatic rings. The van der Waals surface area contributed by atoms with Crippen LogP contribution < -0.4 is 0 Å². The molecule has 0 nitrogen and oxygen atoms in total. The van der Waals surface area contributed by atoms with Crippen LogP contribution in [-0.2, 0) is 18.9 Å². The van der Waals surface area contributed by atoms with Gasteiger partial charge in [0, 0.05) is 0 Å². The Morgan fingerprint density at radius 2 is 0.765 bits per heavy atom. The van der Waals surface area contributed by atoms with Gasteiger partial charge in [0.05, 0.1) is 0 Å². The molecule has 0 rings (SSSR count). The molecule has 0 bridgehead atoms. The minimum absolute atomic E-state index is 1.37. The van der Waals surface area contributed by atoms with Crippen molar-refractivity contribution in [3.8, 4) is 0 Å². The molecule has 0 saturated carbocycles. The van der Waals surface area contributed by atoms with E-state index in [-0.39, 0.29) is 0 Å². The van der Waals surface area contributed by atoms with E-state index in [9.17, 15) is 0 Å². The zero-order valence-electron chi connectivity index (χ0n) is 11.9. The summed E-state index contributed by atoms with van der Waals surface area (Å²) in [6.07, 6.45) is 20.5.